The van der Waals surface area contributed by atoms with Gasteiger partial charge in [-0.05, 0) is 22.9 Å². The highest BCUT2D eigenvalue weighted by Crippen LogP contribution is 2.34. The zero-order chi connectivity index (χ0) is 17.8. The number of H-pyrrole nitrogens is 1. The van der Waals surface area contributed by atoms with Crippen molar-refractivity contribution in [2.75, 3.05) is 6.26 Å². The summed E-state index contributed by atoms with van der Waals surface area (Å²) in [5.74, 6) is 0. The molecular weight excluding hydrogens is 334 g/mol. The standard InChI is InChI=1S/C19H15N3O2S/c1-25-19-21-17(16(10-20)18(24)22-19)15-9-5-4-8-14(15)13-7-3-2-6-12(13)11-23/h2-9,23H,11H2,1H3,(H,21,22,24). The summed E-state index contributed by atoms with van der Waals surface area (Å²) in [6.45, 7) is -0.103. The highest BCUT2D eigenvalue weighted by atomic mass is 32.2. The number of hydrogen-bond acceptors (Lipinski definition) is 5. The predicted octanol–water partition coefficient (Wildman–Crippen LogP) is 3.19. The van der Waals surface area contributed by atoms with E-state index in [0.29, 0.717) is 16.4 Å². The summed E-state index contributed by atoms with van der Waals surface area (Å²) in [5, 5.41) is 19.5. The zero-order valence-corrected chi connectivity index (χ0v) is 14.3. The molecule has 5 nitrogen and oxygen atoms in total. The Balaban J connectivity index is 2.33. The van der Waals surface area contributed by atoms with E-state index in [9.17, 15) is 15.2 Å². The van der Waals surface area contributed by atoms with E-state index in [2.05, 4.69) is 9.97 Å². The molecule has 0 bridgehead atoms. The molecule has 0 spiro atoms. The summed E-state index contributed by atoms with van der Waals surface area (Å²) in [4.78, 5) is 19.3. The lowest BCUT2D eigenvalue weighted by Crippen LogP contribution is -2.14. The Morgan fingerprint density at radius 1 is 1.12 bits per heavy atom. The topological polar surface area (TPSA) is 89.8 Å². The third kappa shape index (κ3) is 3.20. The molecule has 25 heavy (non-hydrogen) atoms. The van der Waals surface area contributed by atoms with Crippen molar-refractivity contribution in [3.63, 3.8) is 0 Å². The Morgan fingerprint density at radius 2 is 1.76 bits per heavy atom. The van der Waals surface area contributed by atoms with Gasteiger partial charge in [-0.1, -0.05) is 60.3 Å². The quantitative estimate of drug-likeness (QED) is 0.558. The summed E-state index contributed by atoms with van der Waals surface area (Å²) >= 11 is 1.30. The van der Waals surface area contributed by atoms with Gasteiger partial charge < -0.3 is 10.1 Å². The molecule has 2 aromatic carbocycles. The van der Waals surface area contributed by atoms with Gasteiger partial charge >= 0.3 is 0 Å². The number of rotatable bonds is 4. The van der Waals surface area contributed by atoms with Crippen LogP contribution in [0.1, 0.15) is 11.1 Å². The molecule has 0 saturated carbocycles. The lowest BCUT2D eigenvalue weighted by molar-refractivity contribution is 0.282. The number of nitrogens with one attached hydrogen (secondary N) is 1. The first-order valence-corrected chi connectivity index (χ1v) is 8.79. The molecule has 0 amide bonds. The van der Waals surface area contributed by atoms with Crippen LogP contribution in [0, 0.1) is 11.3 Å². The van der Waals surface area contributed by atoms with Crippen LogP contribution in [0.5, 0.6) is 0 Å². The second-order valence-corrected chi connectivity index (χ2v) is 6.07. The van der Waals surface area contributed by atoms with Gasteiger partial charge in [-0.2, -0.15) is 5.26 Å². The summed E-state index contributed by atoms with van der Waals surface area (Å²) < 4.78 is 0. The second-order valence-electron chi connectivity index (χ2n) is 5.27. The van der Waals surface area contributed by atoms with Crippen LogP contribution >= 0.6 is 11.8 Å². The largest absolute Gasteiger partial charge is 0.392 e. The molecule has 0 aliphatic heterocycles. The van der Waals surface area contributed by atoms with Gasteiger partial charge in [0, 0.05) is 5.56 Å². The van der Waals surface area contributed by atoms with Gasteiger partial charge in [0.15, 0.2) is 5.16 Å². The van der Waals surface area contributed by atoms with Gasteiger partial charge in [-0.15, -0.1) is 0 Å². The molecule has 124 valence electrons. The maximum atomic E-state index is 12.2. The minimum atomic E-state index is -0.456. The Hall–Kier alpha value is -2.88. The minimum Gasteiger partial charge on any atom is -0.392 e. The first-order valence-electron chi connectivity index (χ1n) is 7.56. The number of aromatic amines is 1. The molecule has 3 rings (SSSR count). The van der Waals surface area contributed by atoms with Crippen LogP contribution in [0.4, 0.5) is 0 Å². The maximum absolute atomic E-state index is 12.2. The van der Waals surface area contributed by atoms with Crippen molar-refractivity contribution in [1.82, 2.24) is 9.97 Å². The lowest BCUT2D eigenvalue weighted by atomic mass is 9.93. The van der Waals surface area contributed by atoms with Crippen LogP contribution in [-0.4, -0.2) is 21.3 Å². The number of hydrogen-bond donors (Lipinski definition) is 2. The van der Waals surface area contributed by atoms with Crippen molar-refractivity contribution in [1.29, 1.82) is 5.26 Å². The average molecular weight is 349 g/mol. The Bertz CT molecular complexity index is 1020. The number of thioether (sulfide) groups is 1. The minimum absolute atomic E-state index is 0.0215. The Kier molecular flexibility index (Phi) is 4.98. The molecule has 2 N–H and O–H groups in total. The smallest absolute Gasteiger partial charge is 0.270 e. The fourth-order valence-corrected chi connectivity index (χ4v) is 3.07. The van der Waals surface area contributed by atoms with Crippen LogP contribution < -0.4 is 5.56 Å². The molecule has 0 unspecified atom stereocenters. The van der Waals surface area contributed by atoms with Crippen LogP contribution in [-0.2, 0) is 6.61 Å². The monoisotopic (exact) mass is 349 g/mol. The fourth-order valence-electron chi connectivity index (χ4n) is 2.69. The molecule has 0 fully saturated rings. The average Bonchev–Trinajstić information content (AvgIpc) is 2.67. The van der Waals surface area contributed by atoms with E-state index in [0.717, 1.165) is 16.7 Å². The summed E-state index contributed by atoms with van der Waals surface area (Å²) in [7, 11) is 0. The molecule has 0 aliphatic rings. The molecule has 3 aromatic rings. The summed E-state index contributed by atoms with van der Waals surface area (Å²) in [5.41, 5.74) is 2.98. The van der Waals surface area contributed by atoms with Crippen molar-refractivity contribution in [3.05, 3.63) is 70.0 Å². The van der Waals surface area contributed by atoms with Gasteiger partial charge in [-0.3, -0.25) is 4.79 Å². The van der Waals surface area contributed by atoms with Crippen LogP contribution in [0.25, 0.3) is 22.4 Å². The fraction of sp³-hybridized carbons (Fsp3) is 0.105. The van der Waals surface area contributed by atoms with E-state index in [1.54, 1.807) is 6.26 Å². The number of nitriles is 1. The van der Waals surface area contributed by atoms with E-state index in [1.165, 1.54) is 11.8 Å². The van der Waals surface area contributed by atoms with Gasteiger partial charge in [0.1, 0.15) is 11.6 Å². The molecule has 0 aliphatic carbocycles. The molecule has 0 radical (unpaired) electrons. The third-order valence-corrected chi connectivity index (χ3v) is 4.44. The van der Waals surface area contributed by atoms with Gasteiger partial charge in [0.25, 0.3) is 5.56 Å². The van der Waals surface area contributed by atoms with E-state index in [4.69, 9.17) is 0 Å². The van der Waals surface area contributed by atoms with Gasteiger partial charge in [0.05, 0.1) is 12.3 Å². The highest BCUT2D eigenvalue weighted by molar-refractivity contribution is 7.98. The van der Waals surface area contributed by atoms with Gasteiger partial charge in [-0.25, -0.2) is 4.98 Å². The highest BCUT2D eigenvalue weighted by Gasteiger charge is 2.17. The van der Waals surface area contributed by atoms with E-state index >= 15 is 0 Å². The SMILES string of the molecule is CSc1nc(-c2ccccc2-c2ccccc2CO)c(C#N)c(=O)[nH]1. The molecular formula is C19H15N3O2S. The number of aromatic nitrogens is 2. The number of aliphatic hydroxyl groups excluding tert-OH is 1. The van der Waals surface area contributed by atoms with Crippen molar-refractivity contribution in [2.24, 2.45) is 0 Å². The van der Waals surface area contributed by atoms with Crippen molar-refractivity contribution in [3.8, 4) is 28.5 Å². The van der Waals surface area contributed by atoms with Crippen molar-refractivity contribution >= 4 is 11.8 Å². The second kappa shape index (κ2) is 7.34. The predicted molar refractivity (Wildman–Crippen MR) is 98.1 cm³/mol. The molecule has 0 saturated heterocycles. The van der Waals surface area contributed by atoms with E-state index in [-0.39, 0.29) is 12.2 Å². The normalized spacial score (nSPS) is 10.4. The zero-order valence-electron chi connectivity index (χ0n) is 13.5. The Morgan fingerprint density at radius 3 is 2.40 bits per heavy atom. The van der Waals surface area contributed by atoms with Crippen LogP contribution in [0.2, 0.25) is 0 Å². The van der Waals surface area contributed by atoms with Crippen LogP contribution in [0.3, 0.4) is 0 Å². The number of benzene rings is 2. The first-order chi connectivity index (χ1) is 12.2. The van der Waals surface area contributed by atoms with Crippen molar-refractivity contribution in [2.45, 2.75) is 11.8 Å². The molecule has 1 heterocycles. The van der Waals surface area contributed by atoms with E-state index in [1.807, 2.05) is 54.6 Å². The molecule has 1 aromatic heterocycles. The molecule has 6 heteroatoms. The van der Waals surface area contributed by atoms with E-state index < -0.39 is 5.56 Å². The van der Waals surface area contributed by atoms with Gasteiger partial charge in [0.2, 0.25) is 0 Å². The Labute approximate surface area is 149 Å². The van der Waals surface area contributed by atoms with Crippen LogP contribution in [0.15, 0.2) is 58.5 Å². The first kappa shape index (κ1) is 17.0. The number of aliphatic hydroxyl groups is 1. The molecule has 0 atom stereocenters. The lowest BCUT2D eigenvalue weighted by Gasteiger charge is -2.13. The number of nitrogens with zero attached hydrogens (tertiary/aromatic N) is 2. The summed E-state index contributed by atoms with van der Waals surface area (Å²) in [6.07, 6.45) is 1.81. The third-order valence-electron chi connectivity index (χ3n) is 3.86. The van der Waals surface area contributed by atoms with Crippen molar-refractivity contribution < 1.29 is 5.11 Å². The summed E-state index contributed by atoms with van der Waals surface area (Å²) in [6, 6.07) is 16.9. The maximum Gasteiger partial charge on any atom is 0.270 e.